The number of hydrogen-bond acceptors (Lipinski definition) is 5. The maximum Gasteiger partial charge on any atom is 0.407 e. The predicted octanol–water partition coefficient (Wildman–Crippen LogP) is 7.06. The molecule has 0 radical (unpaired) electrons. The summed E-state index contributed by atoms with van der Waals surface area (Å²) in [6, 6.07) is 32.3. The lowest BCUT2D eigenvalue weighted by Crippen LogP contribution is -2.32. The maximum absolute atomic E-state index is 13.4. The van der Waals surface area contributed by atoms with Crippen LogP contribution in [0.5, 0.6) is 0 Å². The number of hydrogen-bond donors (Lipinski definition) is 1. The average molecular weight is 575 g/mol. The van der Waals surface area contributed by atoms with Crippen LogP contribution in [0.2, 0.25) is 0 Å². The number of fused-ring (bicyclic) bond motifs is 1. The molecule has 5 rings (SSSR count). The molecule has 8 nitrogen and oxygen atoms in total. The largest absolute Gasteiger partial charge is 0.444 e. The van der Waals surface area contributed by atoms with E-state index in [1.807, 2.05) is 130 Å². The quantitative estimate of drug-likeness (QED) is 0.189. The van der Waals surface area contributed by atoms with Crippen LogP contribution in [0.1, 0.15) is 43.9 Å². The number of nitrogens with zero attached hydrogens (tertiary/aromatic N) is 3. The van der Waals surface area contributed by atoms with Crippen molar-refractivity contribution >= 4 is 46.9 Å². The van der Waals surface area contributed by atoms with E-state index in [0.717, 1.165) is 22.4 Å². The first-order chi connectivity index (χ1) is 20.7. The highest BCUT2D eigenvalue weighted by molar-refractivity contribution is 6.18. The molecule has 0 fully saturated rings. The van der Waals surface area contributed by atoms with Gasteiger partial charge in [-0.3, -0.25) is 19.5 Å². The van der Waals surface area contributed by atoms with Gasteiger partial charge in [-0.1, -0.05) is 66.7 Å². The van der Waals surface area contributed by atoms with Crippen LogP contribution in [0, 0.1) is 0 Å². The zero-order valence-electron chi connectivity index (χ0n) is 24.5. The zero-order valence-corrected chi connectivity index (χ0v) is 24.5. The van der Waals surface area contributed by atoms with E-state index >= 15 is 0 Å². The summed E-state index contributed by atoms with van der Waals surface area (Å²) in [4.78, 5) is 46.7. The average Bonchev–Trinajstić information content (AvgIpc) is 3.09. The molecule has 1 N–H and O–H groups in total. The zero-order chi connectivity index (χ0) is 30.4. The highest BCUT2D eigenvalue weighted by atomic mass is 16.6. The fourth-order valence-electron chi connectivity index (χ4n) is 4.72. The van der Waals surface area contributed by atoms with E-state index in [2.05, 4.69) is 10.3 Å². The number of amides is 3. The van der Waals surface area contributed by atoms with Crippen molar-refractivity contribution in [3.63, 3.8) is 0 Å². The van der Waals surface area contributed by atoms with E-state index in [0.29, 0.717) is 23.6 Å². The molecule has 0 saturated carbocycles. The van der Waals surface area contributed by atoms with Gasteiger partial charge in [0.2, 0.25) is 11.8 Å². The molecular weight excluding hydrogens is 540 g/mol. The Morgan fingerprint density at radius 3 is 2.12 bits per heavy atom. The van der Waals surface area contributed by atoms with Gasteiger partial charge in [0.05, 0.1) is 23.6 Å². The van der Waals surface area contributed by atoms with Gasteiger partial charge in [-0.25, -0.2) is 4.79 Å². The van der Waals surface area contributed by atoms with E-state index in [9.17, 15) is 14.4 Å². The second-order valence-electron chi connectivity index (χ2n) is 11.2. The van der Waals surface area contributed by atoms with Gasteiger partial charge in [0.15, 0.2) is 0 Å². The molecule has 3 amide bonds. The Kier molecular flexibility index (Phi) is 8.66. The van der Waals surface area contributed by atoms with Crippen molar-refractivity contribution < 1.29 is 19.1 Å². The van der Waals surface area contributed by atoms with Crippen molar-refractivity contribution in [2.24, 2.45) is 4.99 Å². The van der Waals surface area contributed by atoms with E-state index in [-0.39, 0.29) is 24.8 Å². The van der Waals surface area contributed by atoms with Crippen LogP contribution >= 0.6 is 0 Å². The van der Waals surface area contributed by atoms with E-state index in [1.165, 1.54) is 0 Å². The number of nitrogens with one attached hydrogen (secondary N) is 1. The maximum atomic E-state index is 13.4. The molecule has 0 bridgehead atoms. The molecule has 0 atom stereocenters. The van der Waals surface area contributed by atoms with Crippen LogP contribution in [0.4, 0.5) is 27.5 Å². The third-order valence-corrected chi connectivity index (χ3v) is 6.74. The molecule has 1 aliphatic heterocycles. The Morgan fingerprint density at radius 1 is 0.814 bits per heavy atom. The number of carbonyl (C=O) groups is 3. The second-order valence-corrected chi connectivity index (χ2v) is 11.2. The molecular formula is C35H34N4O4. The summed E-state index contributed by atoms with van der Waals surface area (Å²) >= 11 is 0. The molecule has 0 aromatic heterocycles. The van der Waals surface area contributed by atoms with Gasteiger partial charge in [0.1, 0.15) is 12.0 Å². The Morgan fingerprint density at radius 2 is 1.44 bits per heavy atom. The standard InChI is InChI=1S/C35H34N4O4/c1-35(2,3)43-34(42)37-23-26-15-19-29(20-16-26)39-31-12-8-7-11-30(31)38(32(40)21-33(39)41)24-27-13-17-28(18-14-27)36-22-25-9-5-4-6-10-25/h4-20,22H,21,23-24H2,1-3H3,(H,37,42)/b36-22+. The van der Waals surface area contributed by atoms with Gasteiger partial charge in [-0.05, 0) is 73.9 Å². The molecule has 0 unspecified atom stereocenters. The first kappa shape index (κ1) is 29.3. The molecule has 0 saturated heterocycles. The number of ether oxygens (including phenoxy) is 1. The van der Waals surface area contributed by atoms with Gasteiger partial charge >= 0.3 is 6.09 Å². The summed E-state index contributed by atoms with van der Waals surface area (Å²) in [6.07, 6.45) is 1.05. The topological polar surface area (TPSA) is 91.3 Å². The molecule has 4 aromatic rings. The van der Waals surface area contributed by atoms with Gasteiger partial charge in [0, 0.05) is 18.4 Å². The summed E-state index contributed by atoms with van der Waals surface area (Å²) < 4.78 is 5.30. The van der Waals surface area contributed by atoms with Crippen molar-refractivity contribution in [2.75, 3.05) is 9.80 Å². The lowest BCUT2D eigenvalue weighted by molar-refractivity contribution is -0.125. The Bertz CT molecular complexity index is 1630. The summed E-state index contributed by atoms with van der Waals surface area (Å²) in [5, 5.41) is 2.74. The lowest BCUT2D eigenvalue weighted by atomic mass is 10.1. The van der Waals surface area contributed by atoms with Gasteiger partial charge in [-0.15, -0.1) is 0 Å². The smallest absolute Gasteiger partial charge is 0.407 e. The highest BCUT2D eigenvalue weighted by Crippen LogP contribution is 2.38. The Labute approximate surface area is 251 Å². The van der Waals surface area contributed by atoms with E-state index < -0.39 is 11.7 Å². The van der Waals surface area contributed by atoms with Gasteiger partial charge in [0.25, 0.3) is 0 Å². The molecule has 0 aliphatic carbocycles. The van der Waals surface area contributed by atoms with Crippen molar-refractivity contribution in [1.82, 2.24) is 5.32 Å². The molecule has 218 valence electrons. The first-order valence-electron chi connectivity index (χ1n) is 14.1. The lowest BCUT2D eigenvalue weighted by Gasteiger charge is -2.26. The Balaban J connectivity index is 1.33. The minimum atomic E-state index is -0.583. The van der Waals surface area contributed by atoms with Crippen LogP contribution in [0.15, 0.2) is 108 Å². The van der Waals surface area contributed by atoms with Crippen LogP contribution in [0.25, 0.3) is 0 Å². The highest BCUT2D eigenvalue weighted by Gasteiger charge is 2.32. The fraction of sp³-hybridized carbons (Fsp3) is 0.200. The van der Waals surface area contributed by atoms with Crippen molar-refractivity contribution in [2.45, 2.75) is 45.9 Å². The SMILES string of the molecule is CC(C)(C)OC(=O)NCc1ccc(N2C(=O)CC(=O)N(Cc3ccc(/N=C/c4ccccc4)cc3)c3ccccc32)cc1. The summed E-state index contributed by atoms with van der Waals surface area (Å²) in [5.74, 6) is -0.588. The number of aliphatic imine (C=N–C) groups is 1. The van der Waals surface area contributed by atoms with Gasteiger partial charge in [-0.2, -0.15) is 0 Å². The van der Waals surface area contributed by atoms with Crippen LogP contribution < -0.4 is 15.1 Å². The summed E-state index contributed by atoms with van der Waals surface area (Å²) in [7, 11) is 0. The van der Waals surface area contributed by atoms with Gasteiger partial charge < -0.3 is 15.0 Å². The third-order valence-electron chi connectivity index (χ3n) is 6.74. The number of carbonyl (C=O) groups excluding carboxylic acids is 3. The summed E-state index contributed by atoms with van der Waals surface area (Å²) in [6.45, 7) is 6.02. The van der Waals surface area contributed by atoms with Crippen molar-refractivity contribution in [3.05, 3.63) is 120 Å². The molecule has 0 spiro atoms. The molecule has 4 aromatic carbocycles. The van der Waals surface area contributed by atoms with Crippen molar-refractivity contribution in [1.29, 1.82) is 0 Å². The molecule has 8 heteroatoms. The van der Waals surface area contributed by atoms with Crippen molar-refractivity contribution in [3.8, 4) is 0 Å². The Hall–Kier alpha value is -5.24. The minimum Gasteiger partial charge on any atom is -0.444 e. The number of rotatable bonds is 7. The third kappa shape index (κ3) is 7.54. The monoisotopic (exact) mass is 574 g/mol. The normalized spacial score (nSPS) is 13.6. The first-order valence-corrected chi connectivity index (χ1v) is 14.1. The van der Waals surface area contributed by atoms with Crippen LogP contribution in [-0.4, -0.2) is 29.7 Å². The number of benzene rings is 4. The number of para-hydroxylation sites is 2. The minimum absolute atomic E-state index is 0.268. The number of anilines is 3. The van der Waals surface area contributed by atoms with Crippen LogP contribution in [-0.2, 0) is 27.4 Å². The van der Waals surface area contributed by atoms with E-state index in [4.69, 9.17) is 4.74 Å². The predicted molar refractivity (Wildman–Crippen MR) is 169 cm³/mol. The van der Waals surface area contributed by atoms with Crippen LogP contribution in [0.3, 0.4) is 0 Å². The molecule has 1 aliphatic rings. The second kappa shape index (κ2) is 12.7. The number of alkyl carbamates (subject to hydrolysis) is 1. The molecule has 43 heavy (non-hydrogen) atoms. The van der Waals surface area contributed by atoms with E-state index in [1.54, 1.807) is 9.80 Å². The summed E-state index contributed by atoms with van der Waals surface area (Å²) in [5.41, 5.74) is 4.92. The fourth-order valence-corrected chi connectivity index (χ4v) is 4.72. The molecule has 1 heterocycles.